The van der Waals surface area contributed by atoms with Crippen LogP contribution >= 0.6 is 7.92 Å². The van der Waals surface area contributed by atoms with Gasteiger partial charge in [0.15, 0.2) is 0 Å². The van der Waals surface area contributed by atoms with E-state index in [4.69, 9.17) is 0 Å². The van der Waals surface area contributed by atoms with Gasteiger partial charge in [0.1, 0.15) is 11.0 Å². The number of aryl methyl sites for hydroxylation is 1. The largest absolute Gasteiger partial charge is 0.242 e. The van der Waals surface area contributed by atoms with E-state index >= 15 is 0 Å². The molecule has 2 aromatic rings. The molecule has 1 unspecified atom stereocenters. The average Bonchev–Trinajstić information content (AvgIpc) is 2.61. The van der Waals surface area contributed by atoms with Crippen molar-refractivity contribution >= 4 is 24.2 Å². The fourth-order valence-corrected chi connectivity index (χ4v) is 10.1. The van der Waals surface area contributed by atoms with Crippen molar-refractivity contribution in [3.63, 3.8) is 0 Å². The van der Waals surface area contributed by atoms with Crippen molar-refractivity contribution < 1.29 is 4.21 Å². The van der Waals surface area contributed by atoms with Gasteiger partial charge in [-0.15, -0.1) is 0 Å². The van der Waals surface area contributed by atoms with E-state index in [1.165, 1.54) is 22.0 Å². The molecule has 172 valence electrons. The van der Waals surface area contributed by atoms with Crippen molar-refractivity contribution in [2.45, 2.75) is 90.3 Å². The monoisotopic (exact) mass is 459 g/mol. The lowest BCUT2D eigenvalue weighted by atomic mass is 9.95. The Morgan fingerprint density at radius 3 is 1.68 bits per heavy atom. The first-order chi connectivity index (χ1) is 14.1. The molecule has 2 aromatic carbocycles. The predicted molar refractivity (Wildman–Crippen MR) is 141 cm³/mol. The van der Waals surface area contributed by atoms with E-state index in [0.717, 1.165) is 0 Å². The van der Waals surface area contributed by atoms with Crippen LogP contribution in [0.2, 0.25) is 0 Å². The zero-order valence-electron chi connectivity index (χ0n) is 21.4. The Morgan fingerprint density at radius 1 is 0.774 bits per heavy atom. The van der Waals surface area contributed by atoms with Crippen LogP contribution in [0.3, 0.4) is 0 Å². The van der Waals surface area contributed by atoms with Gasteiger partial charge in [0.05, 0.1) is 10.8 Å². The van der Waals surface area contributed by atoms with E-state index in [-0.39, 0.29) is 21.1 Å². The highest BCUT2D eigenvalue weighted by molar-refractivity contribution is 7.84. The first-order valence-corrected chi connectivity index (χ1v) is 13.6. The zero-order chi connectivity index (χ0) is 23.8. The van der Waals surface area contributed by atoms with Crippen LogP contribution in [0.4, 0.5) is 0 Å². The van der Waals surface area contributed by atoms with Gasteiger partial charge < -0.3 is 0 Å². The number of hydrogen-bond donors (Lipinski definition) is 0. The molecule has 4 heteroatoms. The molecule has 0 aliphatic carbocycles. The predicted octanol–water partition coefficient (Wildman–Crippen LogP) is 7.18. The summed E-state index contributed by atoms with van der Waals surface area (Å²) in [6, 6.07) is 17.4. The molecule has 0 aliphatic heterocycles. The quantitative estimate of drug-likeness (QED) is 0.434. The van der Waals surface area contributed by atoms with Crippen LogP contribution in [0.25, 0.3) is 0 Å². The standard InChI is InChI=1S/C27H42NOPS/c1-20-16-12-13-17-21(20)24(28(11)31(29)27(8,9)10)22-18-14-15-19-23(22)30(25(2,3)4)26(5,6)7/h12-19,24H,1-11H3/t24-,31?/m0/s1. The normalized spacial score (nSPS) is 15.4. The van der Waals surface area contributed by atoms with Crippen LogP contribution in [0.15, 0.2) is 48.5 Å². The molecule has 0 amide bonds. The van der Waals surface area contributed by atoms with E-state index in [2.05, 4.69) is 122 Å². The summed E-state index contributed by atoms with van der Waals surface area (Å²) in [6.07, 6.45) is 0. The Bertz CT molecular complexity index is 904. The van der Waals surface area contributed by atoms with Gasteiger partial charge in [-0.3, -0.25) is 0 Å². The lowest BCUT2D eigenvalue weighted by Gasteiger charge is -2.44. The molecular formula is C27H42NOPS. The van der Waals surface area contributed by atoms with Crippen molar-refractivity contribution in [1.82, 2.24) is 4.31 Å². The minimum Gasteiger partial charge on any atom is -0.242 e. The van der Waals surface area contributed by atoms with Crippen LogP contribution < -0.4 is 5.30 Å². The summed E-state index contributed by atoms with van der Waals surface area (Å²) in [7, 11) is 0.386. The van der Waals surface area contributed by atoms with Gasteiger partial charge in [0.2, 0.25) is 0 Å². The SMILES string of the molecule is Cc1ccccc1[C@@H](c1ccccc1P(C(C)(C)C)C(C)(C)C)N(C)S(=O)C(C)(C)C. The minimum atomic E-state index is -1.14. The van der Waals surface area contributed by atoms with Crippen molar-refractivity contribution in [3.8, 4) is 0 Å². The van der Waals surface area contributed by atoms with Gasteiger partial charge in [-0.1, -0.05) is 98.0 Å². The smallest absolute Gasteiger partial charge is 0.100 e. The minimum absolute atomic E-state index is 0.0628. The zero-order valence-corrected chi connectivity index (χ0v) is 23.1. The van der Waals surface area contributed by atoms with Gasteiger partial charge >= 0.3 is 0 Å². The van der Waals surface area contributed by atoms with Gasteiger partial charge in [0, 0.05) is 7.05 Å². The molecule has 0 radical (unpaired) electrons. The van der Waals surface area contributed by atoms with Crippen LogP contribution in [-0.2, 0) is 11.0 Å². The van der Waals surface area contributed by atoms with Gasteiger partial charge in [0.25, 0.3) is 0 Å². The first-order valence-electron chi connectivity index (χ1n) is 11.2. The summed E-state index contributed by atoms with van der Waals surface area (Å²) >= 11 is 0. The Kier molecular flexibility index (Phi) is 8.00. The van der Waals surface area contributed by atoms with E-state index in [9.17, 15) is 4.21 Å². The lowest BCUT2D eigenvalue weighted by molar-refractivity contribution is 0.440. The van der Waals surface area contributed by atoms with Crippen molar-refractivity contribution in [2.24, 2.45) is 0 Å². The second-order valence-electron chi connectivity index (χ2n) is 11.4. The summed E-state index contributed by atoms with van der Waals surface area (Å²) < 4.78 is 15.3. The molecule has 0 fully saturated rings. The fraction of sp³-hybridized carbons (Fsp3) is 0.556. The molecule has 0 saturated heterocycles. The highest BCUT2D eigenvalue weighted by Gasteiger charge is 2.39. The van der Waals surface area contributed by atoms with Gasteiger partial charge in [-0.25, -0.2) is 8.51 Å². The third-order valence-corrected chi connectivity index (χ3v) is 10.8. The molecule has 0 N–H and O–H groups in total. The number of nitrogens with zero attached hydrogens (tertiary/aromatic N) is 1. The van der Waals surface area contributed by atoms with Crippen LogP contribution in [0.5, 0.6) is 0 Å². The summed E-state index contributed by atoms with van der Waals surface area (Å²) in [5.41, 5.74) is 3.75. The van der Waals surface area contributed by atoms with Crippen LogP contribution in [0, 0.1) is 6.92 Å². The molecule has 0 bridgehead atoms. The van der Waals surface area contributed by atoms with Gasteiger partial charge in [-0.2, -0.15) is 0 Å². The Morgan fingerprint density at radius 2 is 1.23 bits per heavy atom. The maximum atomic E-state index is 13.6. The second-order valence-corrected chi connectivity index (χ2v) is 17.5. The molecule has 0 saturated carbocycles. The average molecular weight is 460 g/mol. The molecule has 2 nitrogen and oxygen atoms in total. The Hall–Kier alpha value is -1.02. The van der Waals surface area contributed by atoms with Crippen molar-refractivity contribution in [3.05, 3.63) is 65.2 Å². The highest BCUT2D eigenvalue weighted by Crippen LogP contribution is 2.59. The summed E-state index contributed by atoms with van der Waals surface area (Å²) in [5, 5.41) is 1.73. The maximum absolute atomic E-state index is 13.6. The molecular weight excluding hydrogens is 417 g/mol. The number of benzene rings is 2. The summed E-state index contributed by atoms with van der Waals surface area (Å²) in [5.74, 6) is 0. The molecule has 0 heterocycles. The van der Waals surface area contributed by atoms with Crippen molar-refractivity contribution in [2.75, 3.05) is 7.05 Å². The molecule has 0 spiro atoms. The Balaban J connectivity index is 2.83. The molecule has 2 rings (SSSR count). The molecule has 0 aromatic heterocycles. The Labute approximate surface area is 195 Å². The molecule has 0 aliphatic rings. The molecule has 31 heavy (non-hydrogen) atoms. The van der Waals surface area contributed by atoms with E-state index in [1.54, 1.807) is 0 Å². The van der Waals surface area contributed by atoms with E-state index < -0.39 is 18.9 Å². The van der Waals surface area contributed by atoms with E-state index in [1.807, 2.05) is 7.05 Å². The first kappa shape index (κ1) is 26.2. The lowest BCUT2D eigenvalue weighted by Crippen LogP contribution is -2.40. The van der Waals surface area contributed by atoms with Crippen LogP contribution in [-0.4, -0.2) is 30.6 Å². The van der Waals surface area contributed by atoms with Gasteiger partial charge in [-0.05, 0) is 60.0 Å². The highest BCUT2D eigenvalue weighted by atomic mass is 32.2. The maximum Gasteiger partial charge on any atom is 0.100 e. The third kappa shape index (κ3) is 6.06. The number of hydrogen-bond acceptors (Lipinski definition) is 1. The van der Waals surface area contributed by atoms with Crippen LogP contribution in [0.1, 0.15) is 85.0 Å². The topological polar surface area (TPSA) is 20.3 Å². The van der Waals surface area contributed by atoms with E-state index in [0.29, 0.717) is 0 Å². The summed E-state index contributed by atoms with van der Waals surface area (Å²) in [4.78, 5) is 0. The number of rotatable bonds is 5. The molecule has 2 atom stereocenters. The fourth-order valence-electron chi connectivity index (χ4n) is 4.63. The third-order valence-electron chi connectivity index (χ3n) is 5.45. The second kappa shape index (κ2) is 9.46. The van der Waals surface area contributed by atoms with Crippen molar-refractivity contribution in [1.29, 1.82) is 0 Å². The summed E-state index contributed by atoms with van der Waals surface area (Å²) in [6.45, 7) is 22.5.